The van der Waals surface area contributed by atoms with Crippen LogP contribution in [0.15, 0.2) is 18.2 Å². The molecule has 0 fully saturated rings. The lowest BCUT2D eigenvalue weighted by molar-refractivity contribution is -0.138. The summed E-state index contributed by atoms with van der Waals surface area (Å²) in [5.74, 6) is 0. The van der Waals surface area contributed by atoms with Crippen molar-refractivity contribution in [1.82, 2.24) is 0 Å². The van der Waals surface area contributed by atoms with Gasteiger partial charge in [-0.15, -0.1) is 0 Å². The minimum atomic E-state index is -4.25. The first-order chi connectivity index (χ1) is 7.61. The Morgan fingerprint density at radius 1 is 1.06 bits per heavy atom. The van der Waals surface area contributed by atoms with Gasteiger partial charge in [-0.2, -0.15) is 13.2 Å². The summed E-state index contributed by atoms with van der Waals surface area (Å²) in [6.07, 6.45) is -3.02. The Balaban J connectivity index is 3.05. The number of rotatable bonds is 2. The second kappa shape index (κ2) is 4.71. The van der Waals surface area contributed by atoms with Crippen molar-refractivity contribution in [3.05, 3.63) is 34.9 Å². The van der Waals surface area contributed by atoms with Gasteiger partial charge in [0.05, 0.1) is 5.56 Å². The van der Waals surface area contributed by atoms with Crippen molar-refractivity contribution in [3.8, 4) is 0 Å². The molecular weight excluding hydrogens is 225 g/mol. The molecule has 3 heteroatoms. The molecule has 0 heterocycles. The molecule has 96 valence electrons. The van der Waals surface area contributed by atoms with Gasteiger partial charge in [0, 0.05) is 0 Å². The van der Waals surface area contributed by atoms with Crippen LogP contribution in [-0.2, 0) is 12.6 Å². The molecule has 17 heavy (non-hydrogen) atoms. The first-order valence-electron chi connectivity index (χ1n) is 5.77. The van der Waals surface area contributed by atoms with Gasteiger partial charge in [-0.05, 0) is 42.4 Å². The zero-order valence-corrected chi connectivity index (χ0v) is 10.8. The van der Waals surface area contributed by atoms with E-state index in [9.17, 15) is 13.2 Å². The summed E-state index contributed by atoms with van der Waals surface area (Å²) in [5, 5.41) is 0. The Bertz CT molecular complexity index is 383. The fourth-order valence-electron chi connectivity index (χ4n) is 1.80. The largest absolute Gasteiger partial charge is 0.416 e. The molecule has 0 aliphatic heterocycles. The topological polar surface area (TPSA) is 0 Å². The minimum absolute atomic E-state index is 0.0468. The van der Waals surface area contributed by atoms with E-state index in [2.05, 4.69) is 0 Å². The van der Waals surface area contributed by atoms with Gasteiger partial charge in [0.25, 0.3) is 0 Å². The van der Waals surface area contributed by atoms with Crippen molar-refractivity contribution >= 4 is 0 Å². The molecule has 1 aromatic carbocycles. The third-order valence-corrected chi connectivity index (χ3v) is 2.84. The molecule has 1 aromatic rings. The van der Waals surface area contributed by atoms with Gasteiger partial charge in [-0.25, -0.2) is 0 Å². The second-order valence-electron chi connectivity index (χ2n) is 5.66. The maximum absolute atomic E-state index is 12.8. The fourth-order valence-corrected chi connectivity index (χ4v) is 1.80. The van der Waals surface area contributed by atoms with Crippen molar-refractivity contribution in [3.63, 3.8) is 0 Å². The molecule has 0 amide bonds. The van der Waals surface area contributed by atoms with Crippen molar-refractivity contribution in [1.29, 1.82) is 0 Å². The average Bonchev–Trinajstić information content (AvgIpc) is 2.12. The van der Waals surface area contributed by atoms with Crippen LogP contribution in [0.3, 0.4) is 0 Å². The first-order valence-corrected chi connectivity index (χ1v) is 5.77. The number of hydrogen-bond acceptors (Lipinski definition) is 0. The minimum Gasteiger partial charge on any atom is -0.166 e. The molecule has 1 rings (SSSR count). The average molecular weight is 244 g/mol. The van der Waals surface area contributed by atoms with Crippen molar-refractivity contribution in [2.75, 3.05) is 0 Å². The van der Waals surface area contributed by atoms with Crippen LogP contribution in [0.4, 0.5) is 13.2 Å². The van der Waals surface area contributed by atoms with E-state index in [4.69, 9.17) is 0 Å². The van der Waals surface area contributed by atoms with E-state index >= 15 is 0 Å². The zero-order valence-electron chi connectivity index (χ0n) is 10.8. The number of aryl methyl sites for hydroxylation is 1. The predicted octanol–water partition coefficient (Wildman–Crippen LogP) is 4.99. The maximum Gasteiger partial charge on any atom is 0.416 e. The normalized spacial score (nSPS) is 12.9. The van der Waals surface area contributed by atoms with E-state index in [0.717, 1.165) is 12.0 Å². The summed E-state index contributed by atoms with van der Waals surface area (Å²) in [7, 11) is 0. The lowest BCUT2D eigenvalue weighted by atomic mass is 9.86. The lowest BCUT2D eigenvalue weighted by Crippen LogP contribution is -2.13. The van der Waals surface area contributed by atoms with Crippen LogP contribution < -0.4 is 0 Å². The zero-order chi connectivity index (χ0) is 13.3. The smallest absolute Gasteiger partial charge is 0.166 e. The van der Waals surface area contributed by atoms with Gasteiger partial charge >= 0.3 is 6.18 Å². The highest BCUT2D eigenvalue weighted by Gasteiger charge is 2.33. The number of hydrogen-bond donors (Lipinski definition) is 0. The summed E-state index contributed by atoms with van der Waals surface area (Å²) in [6.45, 7) is 7.86. The summed E-state index contributed by atoms with van der Waals surface area (Å²) >= 11 is 0. The maximum atomic E-state index is 12.8. The standard InChI is InChI=1S/C14H19F3/c1-10-6-5-7-12(14(15,16)17)11(10)8-9-13(2,3)4/h5-7H,8-9H2,1-4H3. The second-order valence-corrected chi connectivity index (χ2v) is 5.66. The van der Waals surface area contributed by atoms with E-state index in [1.54, 1.807) is 13.0 Å². The van der Waals surface area contributed by atoms with Gasteiger partial charge in [-0.1, -0.05) is 32.9 Å². The van der Waals surface area contributed by atoms with E-state index in [1.807, 2.05) is 20.8 Å². The van der Waals surface area contributed by atoms with Gasteiger partial charge < -0.3 is 0 Å². The fraction of sp³-hybridized carbons (Fsp3) is 0.571. The molecule has 0 radical (unpaired) electrons. The van der Waals surface area contributed by atoms with Crippen LogP contribution in [0.2, 0.25) is 0 Å². The highest BCUT2D eigenvalue weighted by molar-refractivity contribution is 5.36. The molecule has 0 N–H and O–H groups in total. The van der Waals surface area contributed by atoms with Gasteiger partial charge in [0.2, 0.25) is 0 Å². The number of benzene rings is 1. The van der Waals surface area contributed by atoms with Crippen molar-refractivity contribution < 1.29 is 13.2 Å². The summed E-state index contributed by atoms with van der Waals surface area (Å²) in [5.41, 5.74) is 0.728. The molecule has 0 aromatic heterocycles. The van der Waals surface area contributed by atoms with Crippen molar-refractivity contribution in [2.24, 2.45) is 5.41 Å². The quantitative estimate of drug-likeness (QED) is 0.687. The SMILES string of the molecule is Cc1cccc(C(F)(F)F)c1CCC(C)(C)C. The Labute approximate surface area is 101 Å². The third kappa shape index (κ3) is 4.06. The Morgan fingerprint density at radius 3 is 2.12 bits per heavy atom. The monoisotopic (exact) mass is 244 g/mol. The van der Waals surface area contributed by atoms with Crippen LogP contribution >= 0.6 is 0 Å². The van der Waals surface area contributed by atoms with Crippen LogP contribution in [-0.4, -0.2) is 0 Å². The van der Waals surface area contributed by atoms with E-state index in [0.29, 0.717) is 12.0 Å². The van der Waals surface area contributed by atoms with Gasteiger partial charge in [0.1, 0.15) is 0 Å². The summed E-state index contributed by atoms with van der Waals surface area (Å²) < 4.78 is 38.5. The van der Waals surface area contributed by atoms with E-state index in [-0.39, 0.29) is 5.41 Å². The number of halogens is 3. The van der Waals surface area contributed by atoms with Crippen molar-refractivity contribution in [2.45, 2.75) is 46.7 Å². The molecule has 0 spiro atoms. The molecule has 0 aliphatic rings. The third-order valence-electron chi connectivity index (χ3n) is 2.84. The molecular formula is C14H19F3. The molecule has 0 atom stereocenters. The summed E-state index contributed by atoms with van der Waals surface area (Å²) in [6, 6.07) is 4.39. The van der Waals surface area contributed by atoms with Crippen LogP contribution in [0.25, 0.3) is 0 Å². The molecule has 0 aliphatic carbocycles. The van der Waals surface area contributed by atoms with Crippen LogP contribution in [0.5, 0.6) is 0 Å². The Hall–Kier alpha value is -0.990. The van der Waals surface area contributed by atoms with Gasteiger partial charge in [0.15, 0.2) is 0 Å². The predicted molar refractivity (Wildman–Crippen MR) is 64.0 cm³/mol. The lowest BCUT2D eigenvalue weighted by Gasteiger charge is -2.21. The number of alkyl halides is 3. The molecule has 0 saturated heterocycles. The molecule has 0 bridgehead atoms. The highest BCUT2D eigenvalue weighted by atomic mass is 19.4. The van der Waals surface area contributed by atoms with E-state index < -0.39 is 11.7 Å². The van der Waals surface area contributed by atoms with Gasteiger partial charge in [-0.3, -0.25) is 0 Å². The summed E-state index contributed by atoms with van der Waals surface area (Å²) in [4.78, 5) is 0. The Kier molecular flexibility index (Phi) is 3.90. The Morgan fingerprint density at radius 2 is 1.65 bits per heavy atom. The highest BCUT2D eigenvalue weighted by Crippen LogP contribution is 2.35. The van der Waals surface area contributed by atoms with E-state index in [1.165, 1.54) is 12.1 Å². The first kappa shape index (κ1) is 14.1. The van der Waals surface area contributed by atoms with Crippen LogP contribution in [0, 0.1) is 12.3 Å². The van der Waals surface area contributed by atoms with Crippen LogP contribution in [0.1, 0.15) is 43.9 Å². The molecule has 0 saturated carbocycles. The molecule has 0 unspecified atom stereocenters. The molecule has 0 nitrogen and oxygen atoms in total.